The molecule has 0 aromatic carbocycles. The Morgan fingerprint density at radius 2 is 2.31 bits per heavy atom. The maximum atomic E-state index is 10.2. The molecule has 4 unspecified atom stereocenters. The van der Waals surface area contributed by atoms with Gasteiger partial charge in [0.05, 0.1) is 6.61 Å². The quantitative estimate of drug-likeness (QED) is 0.795. The number of allylic oxidation sites excluding steroid dienone is 1. The van der Waals surface area contributed by atoms with Gasteiger partial charge in [-0.25, -0.2) is 0 Å². The summed E-state index contributed by atoms with van der Waals surface area (Å²) < 4.78 is 5.54. The van der Waals surface area contributed by atoms with E-state index < -0.39 is 0 Å². The van der Waals surface area contributed by atoms with E-state index in [2.05, 4.69) is 6.08 Å². The maximum absolute atomic E-state index is 10.2. The van der Waals surface area contributed by atoms with Gasteiger partial charge in [0.15, 0.2) is 0 Å². The predicted molar refractivity (Wildman–Crippen MR) is 62.8 cm³/mol. The Labute approximate surface area is 97.7 Å². The second-order valence-electron chi connectivity index (χ2n) is 5.78. The Morgan fingerprint density at radius 3 is 2.94 bits per heavy atom. The van der Waals surface area contributed by atoms with Gasteiger partial charge in [0, 0.05) is 0 Å². The summed E-state index contributed by atoms with van der Waals surface area (Å²) in [4.78, 5) is 0. The number of aliphatic hydroxyl groups excluding tert-OH is 1. The fraction of sp³-hybridized carbons (Fsp3) is 0.857. The molecule has 2 heteroatoms. The predicted octanol–water partition coefficient (Wildman–Crippen LogP) is 2.87. The van der Waals surface area contributed by atoms with E-state index >= 15 is 0 Å². The van der Waals surface area contributed by atoms with Crippen molar-refractivity contribution in [1.29, 1.82) is 0 Å². The fourth-order valence-corrected chi connectivity index (χ4v) is 3.88. The van der Waals surface area contributed by atoms with Gasteiger partial charge in [0.25, 0.3) is 0 Å². The van der Waals surface area contributed by atoms with Crippen LogP contribution in [0, 0.1) is 17.8 Å². The molecule has 2 saturated carbocycles. The standard InChI is InChI=1S/C14H22O2/c15-13(14-3-1-2-6-16-14)9-12-8-10-4-5-11(12)7-10/h3,10-13,15H,1-2,4-9H2. The number of hydrogen-bond acceptors (Lipinski definition) is 2. The zero-order valence-corrected chi connectivity index (χ0v) is 9.90. The summed E-state index contributed by atoms with van der Waals surface area (Å²) in [7, 11) is 0. The molecule has 1 heterocycles. The summed E-state index contributed by atoms with van der Waals surface area (Å²) >= 11 is 0. The lowest BCUT2D eigenvalue weighted by Gasteiger charge is -2.26. The highest BCUT2D eigenvalue weighted by atomic mass is 16.5. The molecule has 2 bridgehead atoms. The molecule has 4 atom stereocenters. The van der Waals surface area contributed by atoms with Crippen LogP contribution in [-0.2, 0) is 4.74 Å². The molecule has 0 amide bonds. The summed E-state index contributed by atoms with van der Waals surface area (Å²) in [5, 5.41) is 10.2. The topological polar surface area (TPSA) is 29.5 Å². The zero-order chi connectivity index (χ0) is 11.0. The van der Waals surface area contributed by atoms with Crippen LogP contribution in [-0.4, -0.2) is 17.8 Å². The summed E-state index contributed by atoms with van der Waals surface area (Å²) in [6.45, 7) is 0.791. The summed E-state index contributed by atoms with van der Waals surface area (Å²) in [6, 6.07) is 0. The Kier molecular flexibility index (Phi) is 2.93. The van der Waals surface area contributed by atoms with Gasteiger partial charge in [-0.2, -0.15) is 0 Å². The van der Waals surface area contributed by atoms with E-state index in [1.165, 1.54) is 25.7 Å². The largest absolute Gasteiger partial charge is 0.496 e. The maximum Gasteiger partial charge on any atom is 0.120 e. The highest BCUT2D eigenvalue weighted by molar-refractivity contribution is 5.04. The highest BCUT2D eigenvalue weighted by Gasteiger charge is 2.40. The van der Waals surface area contributed by atoms with Gasteiger partial charge in [0.1, 0.15) is 11.9 Å². The van der Waals surface area contributed by atoms with Gasteiger partial charge in [-0.15, -0.1) is 0 Å². The third kappa shape index (κ3) is 2.00. The molecule has 0 radical (unpaired) electrons. The molecule has 3 rings (SSSR count). The molecule has 2 aliphatic carbocycles. The van der Waals surface area contributed by atoms with E-state index in [4.69, 9.17) is 4.74 Å². The fourth-order valence-electron chi connectivity index (χ4n) is 3.88. The molecule has 16 heavy (non-hydrogen) atoms. The monoisotopic (exact) mass is 222 g/mol. The van der Waals surface area contributed by atoms with Gasteiger partial charge in [-0.1, -0.05) is 6.42 Å². The Morgan fingerprint density at radius 1 is 1.38 bits per heavy atom. The molecule has 2 fully saturated rings. The molecule has 0 saturated heterocycles. The van der Waals surface area contributed by atoms with Crippen LogP contribution in [0.4, 0.5) is 0 Å². The third-order valence-corrected chi connectivity index (χ3v) is 4.70. The van der Waals surface area contributed by atoms with Crippen LogP contribution in [0.15, 0.2) is 11.8 Å². The van der Waals surface area contributed by atoms with E-state index in [0.29, 0.717) is 0 Å². The second-order valence-corrected chi connectivity index (χ2v) is 5.78. The minimum atomic E-state index is -0.329. The van der Waals surface area contributed by atoms with Crippen LogP contribution < -0.4 is 0 Å². The Balaban J connectivity index is 1.56. The smallest absolute Gasteiger partial charge is 0.120 e. The van der Waals surface area contributed by atoms with E-state index in [1.54, 1.807) is 0 Å². The van der Waals surface area contributed by atoms with E-state index in [-0.39, 0.29) is 6.10 Å². The van der Waals surface area contributed by atoms with Crippen molar-refractivity contribution in [3.63, 3.8) is 0 Å². The normalized spacial score (nSPS) is 39.3. The first kappa shape index (κ1) is 10.6. The minimum absolute atomic E-state index is 0.329. The Hall–Kier alpha value is -0.500. The van der Waals surface area contributed by atoms with Gasteiger partial charge >= 0.3 is 0 Å². The lowest BCUT2D eigenvalue weighted by Crippen LogP contribution is -2.22. The lowest BCUT2D eigenvalue weighted by molar-refractivity contribution is 0.0690. The van der Waals surface area contributed by atoms with Gasteiger partial charge in [-0.3, -0.25) is 0 Å². The average Bonchev–Trinajstić information content (AvgIpc) is 2.92. The number of aliphatic hydroxyl groups is 1. The summed E-state index contributed by atoms with van der Waals surface area (Å²) in [5.41, 5.74) is 0. The molecule has 0 spiro atoms. The van der Waals surface area contributed by atoms with Crippen LogP contribution in [0.25, 0.3) is 0 Å². The van der Waals surface area contributed by atoms with Crippen LogP contribution >= 0.6 is 0 Å². The zero-order valence-electron chi connectivity index (χ0n) is 9.90. The van der Waals surface area contributed by atoms with E-state index in [1.807, 2.05) is 0 Å². The second kappa shape index (κ2) is 4.40. The minimum Gasteiger partial charge on any atom is -0.496 e. The van der Waals surface area contributed by atoms with Crippen LogP contribution in [0.3, 0.4) is 0 Å². The first-order valence-corrected chi connectivity index (χ1v) is 6.84. The molecule has 3 aliphatic rings. The number of ether oxygens (including phenoxy) is 1. The Bertz CT molecular complexity index is 284. The first-order valence-electron chi connectivity index (χ1n) is 6.84. The van der Waals surface area contributed by atoms with Crippen molar-refractivity contribution in [1.82, 2.24) is 0 Å². The van der Waals surface area contributed by atoms with Gasteiger partial charge in [-0.05, 0) is 62.4 Å². The average molecular weight is 222 g/mol. The van der Waals surface area contributed by atoms with Crippen molar-refractivity contribution in [3.8, 4) is 0 Å². The van der Waals surface area contributed by atoms with Gasteiger partial charge < -0.3 is 9.84 Å². The van der Waals surface area contributed by atoms with Crippen molar-refractivity contribution < 1.29 is 9.84 Å². The van der Waals surface area contributed by atoms with Crippen LogP contribution in [0.1, 0.15) is 44.9 Å². The van der Waals surface area contributed by atoms with Crippen molar-refractivity contribution in [2.45, 2.75) is 51.0 Å². The SMILES string of the molecule is OC(CC1CC2CCC1C2)C1=CCCCO1. The van der Waals surface area contributed by atoms with Crippen molar-refractivity contribution in [3.05, 3.63) is 11.8 Å². The molecule has 0 aromatic rings. The molecule has 1 N–H and O–H groups in total. The molecular weight excluding hydrogens is 200 g/mol. The molecule has 0 aromatic heterocycles. The lowest BCUT2D eigenvalue weighted by atomic mass is 9.84. The highest BCUT2D eigenvalue weighted by Crippen LogP contribution is 2.50. The van der Waals surface area contributed by atoms with E-state index in [9.17, 15) is 5.11 Å². The number of rotatable bonds is 3. The van der Waals surface area contributed by atoms with E-state index in [0.717, 1.165) is 49.4 Å². The third-order valence-electron chi connectivity index (χ3n) is 4.70. The van der Waals surface area contributed by atoms with Crippen LogP contribution in [0.2, 0.25) is 0 Å². The molecular formula is C14H22O2. The van der Waals surface area contributed by atoms with Crippen molar-refractivity contribution >= 4 is 0 Å². The number of fused-ring (bicyclic) bond motifs is 2. The first-order chi connectivity index (χ1) is 7.83. The van der Waals surface area contributed by atoms with Gasteiger partial charge in [0.2, 0.25) is 0 Å². The number of hydrogen-bond donors (Lipinski definition) is 1. The summed E-state index contributed by atoms with van der Waals surface area (Å²) in [5.74, 6) is 3.50. The van der Waals surface area contributed by atoms with Crippen molar-refractivity contribution in [2.24, 2.45) is 17.8 Å². The molecule has 2 nitrogen and oxygen atoms in total. The summed E-state index contributed by atoms with van der Waals surface area (Å²) in [6.07, 6.45) is 10.5. The molecule has 90 valence electrons. The molecule has 1 aliphatic heterocycles. The van der Waals surface area contributed by atoms with Crippen molar-refractivity contribution in [2.75, 3.05) is 6.61 Å². The van der Waals surface area contributed by atoms with Crippen LogP contribution in [0.5, 0.6) is 0 Å².